The van der Waals surface area contributed by atoms with Crippen LogP contribution in [-0.2, 0) is 23.9 Å². The van der Waals surface area contributed by atoms with Crippen LogP contribution in [0.3, 0.4) is 0 Å². The minimum absolute atomic E-state index is 0.157. The molecule has 1 aliphatic heterocycles. The van der Waals surface area contributed by atoms with E-state index in [1.807, 2.05) is 0 Å². The van der Waals surface area contributed by atoms with Crippen LogP contribution < -0.4 is 0 Å². The van der Waals surface area contributed by atoms with Crippen molar-refractivity contribution in [3.63, 3.8) is 0 Å². The quantitative estimate of drug-likeness (QED) is 0.703. The van der Waals surface area contributed by atoms with E-state index in [4.69, 9.17) is 0 Å². The van der Waals surface area contributed by atoms with Crippen molar-refractivity contribution in [2.75, 3.05) is 6.54 Å². The van der Waals surface area contributed by atoms with Crippen LogP contribution >= 0.6 is 11.3 Å². The zero-order chi connectivity index (χ0) is 19.4. The average molecular weight is 407 g/mol. The van der Waals surface area contributed by atoms with Crippen molar-refractivity contribution in [1.29, 1.82) is 0 Å². The predicted octanol–water partition coefficient (Wildman–Crippen LogP) is 4.14. The number of carbonyl (C=O) groups is 1. The SMILES string of the molecule is O=C(C1CCC(F)(F)C1)N1CCc2sc(-c3noc(C(F)(F)F)n3)cc2C1. The largest absolute Gasteiger partial charge is 0.471 e. The molecule has 2 aromatic rings. The van der Waals surface area contributed by atoms with Gasteiger partial charge >= 0.3 is 12.1 Å². The maximum Gasteiger partial charge on any atom is 0.471 e. The van der Waals surface area contributed by atoms with E-state index in [0.29, 0.717) is 17.8 Å². The number of halogens is 5. The van der Waals surface area contributed by atoms with Gasteiger partial charge in [-0.15, -0.1) is 11.3 Å². The molecule has 4 rings (SSSR count). The maximum absolute atomic E-state index is 13.4. The number of aromatic nitrogens is 2. The Morgan fingerprint density at radius 2 is 2.15 bits per heavy atom. The Bertz CT molecular complexity index is 876. The molecule has 1 amide bonds. The van der Waals surface area contributed by atoms with Crippen molar-refractivity contribution in [3.8, 4) is 10.7 Å². The van der Waals surface area contributed by atoms with Crippen LogP contribution in [0.2, 0.25) is 0 Å². The molecule has 0 bridgehead atoms. The highest BCUT2D eigenvalue weighted by molar-refractivity contribution is 7.15. The summed E-state index contributed by atoms with van der Waals surface area (Å²) in [6.07, 6.45) is -4.72. The number of hydrogen-bond acceptors (Lipinski definition) is 5. The molecule has 0 saturated heterocycles. The van der Waals surface area contributed by atoms with Gasteiger partial charge in [-0.2, -0.15) is 18.2 Å². The number of nitrogens with zero attached hydrogens (tertiary/aromatic N) is 3. The molecule has 0 radical (unpaired) electrons. The molecule has 2 aromatic heterocycles. The minimum atomic E-state index is -4.71. The van der Waals surface area contributed by atoms with E-state index in [-0.39, 0.29) is 31.1 Å². The molecular formula is C16H14F5N3O2S. The highest BCUT2D eigenvalue weighted by Gasteiger charge is 2.44. The van der Waals surface area contributed by atoms with Crippen molar-refractivity contribution < 1.29 is 31.3 Å². The Balaban J connectivity index is 1.49. The molecular weight excluding hydrogens is 393 g/mol. The summed E-state index contributed by atoms with van der Waals surface area (Å²) in [5.41, 5.74) is 0.776. The molecule has 11 heteroatoms. The Hall–Kier alpha value is -2.04. The lowest BCUT2D eigenvalue weighted by molar-refractivity contribution is -0.159. The van der Waals surface area contributed by atoms with Gasteiger partial charge in [0.25, 0.3) is 0 Å². The van der Waals surface area contributed by atoms with Crippen molar-refractivity contribution >= 4 is 17.2 Å². The Kier molecular flexibility index (Phi) is 4.24. The molecule has 1 atom stereocenters. The molecule has 1 aliphatic carbocycles. The van der Waals surface area contributed by atoms with Crippen LogP contribution in [-0.4, -0.2) is 33.4 Å². The third-order valence-electron chi connectivity index (χ3n) is 4.82. The zero-order valence-corrected chi connectivity index (χ0v) is 14.7. The Morgan fingerprint density at radius 1 is 1.37 bits per heavy atom. The summed E-state index contributed by atoms with van der Waals surface area (Å²) >= 11 is 1.25. The van der Waals surface area contributed by atoms with Crippen molar-refractivity contribution in [2.24, 2.45) is 5.92 Å². The van der Waals surface area contributed by atoms with Gasteiger partial charge in [-0.3, -0.25) is 4.79 Å². The molecule has 146 valence electrons. The van der Waals surface area contributed by atoms with Crippen LogP contribution in [0.15, 0.2) is 10.6 Å². The van der Waals surface area contributed by atoms with Gasteiger partial charge in [-0.1, -0.05) is 5.16 Å². The number of amides is 1. The monoisotopic (exact) mass is 407 g/mol. The first-order valence-corrected chi connectivity index (χ1v) is 9.13. The number of fused-ring (bicyclic) bond motifs is 1. The number of hydrogen-bond donors (Lipinski definition) is 0. The normalized spacial score (nSPS) is 22.1. The van der Waals surface area contributed by atoms with Crippen molar-refractivity contribution in [1.82, 2.24) is 15.0 Å². The maximum atomic E-state index is 13.4. The fourth-order valence-electron chi connectivity index (χ4n) is 3.49. The van der Waals surface area contributed by atoms with E-state index in [0.717, 1.165) is 10.4 Å². The standard InChI is InChI=1S/C16H14F5N3O2S/c17-15(18)3-1-8(6-15)13(25)24-4-2-10-9(7-24)5-11(27-10)12-22-14(26-23-12)16(19,20)21/h5,8H,1-4,6-7H2. The number of alkyl halides is 5. The smallest absolute Gasteiger partial charge is 0.338 e. The third-order valence-corrected chi connectivity index (χ3v) is 6.05. The summed E-state index contributed by atoms with van der Waals surface area (Å²) in [6.45, 7) is 0.643. The summed E-state index contributed by atoms with van der Waals surface area (Å²) in [4.78, 5) is 18.8. The molecule has 27 heavy (non-hydrogen) atoms. The van der Waals surface area contributed by atoms with Gasteiger partial charge in [-0.25, -0.2) is 8.78 Å². The molecule has 5 nitrogen and oxygen atoms in total. The van der Waals surface area contributed by atoms with Crippen LogP contribution in [0.4, 0.5) is 22.0 Å². The fourth-order valence-corrected chi connectivity index (χ4v) is 4.58. The van der Waals surface area contributed by atoms with Crippen molar-refractivity contribution in [2.45, 2.75) is 44.3 Å². The lowest BCUT2D eigenvalue weighted by Crippen LogP contribution is -2.39. The summed E-state index contributed by atoms with van der Waals surface area (Å²) in [6, 6.07) is 1.63. The summed E-state index contributed by atoms with van der Waals surface area (Å²) < 4.78 is 68.8. The van der Waals surface area contributed by atoms with Crippen molar-refractivity contribution in [3.05, 3.63) is 22.4 Å². The lowest BCUT2D eigenvalue weighted by Gasteiger charge is -2.29. The lowest BCUT2D eigenvalue weighted by atomic mass is 10.0. The van der Waals surface area contributed by atoms with E-state index in [2.05, 4.69) is 14.7 Å². The van der Waals surface area contributed by atoms with Crippen LogP contribution in [0.25, 0.3) is 10.7 Å². The molecule has 0 aromatic carbocycles. The van der Waals surface area contributed by atoms with Gasteiger partial charge in [0.1, 0.15) is 0 Å². The van der Waals surface area contributed by atoms with Gasteiger partial charge in [0, 0.05) is 36.7 Å². The molecule has 1 fully saturated rings. The topological polar surface area (TPSA) is 59.2 Å². The molecule has 2 aliphatic rings. The molecule has 1 unspecified atom stereocenters. The van der Waals surface area contributed by atoms with Crippen LogP contribution in [0.5, 0.6) is 0 Å². The minimum Gasteiger partial charge on any atom is -0.338 e. The van der Waals surface area contributed by atoms with E-state index in [1.165, 1.54) is 11.3 Å². The third kappa shape index (κ3) is 3.56. The van der Waals surface area contributed by atoms with Gasteiger partial charge < -0.3 is 9.42 Å². The summed E-state index contributed by atoms with van der Waals surface area (Å²) in [5, 5.41) is 3.37. The fraction of sp³-hybridized carbons (Fsp3) is 0.562. The van der Waals surface area contributed by atoms with Gasteiger partial charge in [0.05, 0.1) is 4.88 Å². The zero-order valence-electron chi connectivity index (χ0n) is 13.9. The highest BCUT2D eigenvalue weighted by atomic mass is 32.1. The van der Waals surface area contributed by atoms with E-state index < -0.39 is 30.3 Å². The second kappa shape index (κ2) is 6.25. The second-order valence-electron chi connectivity index (χ2n) is 6.79. The Morgan fingerprint density at radius 3 is 2.78 bits per heavy atom. The molecule has 0 N–H and O–H groups in total. The highest BCUT2D eigenvalue weighted by Crippen LogP contribution is 2.41. The van der Waals surface area contributed by atoms with E-state index >= 15 is 0 Å². The van der Waals surface area contributed by atoms with Crippen LogP contribution in [0, 0.1) is 5.92 Å². The predicted molar refractivity (Wildman–Crippen MR) is 84.0 cm³/mol. The Labute approximate surface area is 154 Å². The van der Waals surface area contributed by atoms with Gasteiger partial charge in [0.15, 0.2) is 0 Å². The number of thiophene rings is 1. The number of rotatable bonds is 2. The summed E-state index contributed by atoms with van der Waals surface area (Å²) in [7, 11) is 0. The second-order valence-corrected chi connectivity index (χ2v) is 7.92. The van der Waals surface area contributed by atoms with E-state index in [1.54, 1.807) is 11.0 Å². The first-order valence-electron chi connectivity index (χ1n) is 8.32. The first-order chi connectivity index (χ1) is 12.6. The van der Waals surface area contributed by atoms with Gasteiger partial charge in [0.2, 0.25) is 17.7 Å². The molecule has 3 heterocycles. The summed E-state index contributed by atoms with van der Waals surface area (Å²) in [5.74, 6) is -5.32. The van der Waals surface area contributed by atoms with E-state index in [9.17, 15) is 26.7 Å². The molecule has 1 saturated carbocycles. The molecule has 0 spiro atoms. The first kappa shape index (κ1) is 18.3. The average Bonchev–Trinajstić information content (AvgIpc) is 3.29. The van der Waals surface area contributed by atoms with Crippen LogP contribution in [0.1, 0.15) is 35.6 Å². The van der Waals surface area contributed by atoms with Gasteiger partial charge in [-0.05, 0) is 24.5 Å². The number of carbonyl (C=O) groups excluding carboxylic acids is 1.